The Bertz CT molecular complexity index is 539. The molecule has 0 radical (unpaired) electrons. The summed E-state index contributed by atoms with van der Waals surface area (Å²) in [6, 6.07) is 6.51. The van der Waals surface area contributed by atoms with Crippen LogP contribution in [0.5, 0.6) is 0 Å². The predicted octanol–water partition coefficient (Wildman–Crippen LogP) is 2.44. The number of nitrogens with zero attached hydrogens (tertiary/aromatic N) is 2. The minimum absolute atomic E-state index is 0.0886. The summed E-state index contributed by atoms with van der Waals surface area (Å²) in [7, 11) is 1.86. The van der Waals surface area contributed by atoms with E-state index in [9.17, 15) is 10.1 Å². The van der Waals surface area contributed by atoms with E-state index in [1.807, 2.05) is 18.5 Å². The maximum atomic E-state index is 10.7. The third-order valence-corrected chi connectivity index (χ3v) is 3.08. The normalized spacial score (nSPS) is 10.4. The van der Waals surface area contributed by atoms with Gasteiger partial charge in [-0.1, -0.05) is 12.1 Å². The largest absolute Gasteiger partial charge is 0.314 e. The smallest absolute Gasteiger partial charge is 0.270 e. The summed E-state index contributed by atoms with van der Waals surface area (Å²) in [6.07, 6.45) is 0. The number of hydrogen-bond donors (Lipinski definition) is 1. The number of aromatic nitrogens is 1. The molecule has 1 N–H and O–H groups in total. The lowest BCUT2D eigenvalue weighted by atomic mass is 10.1. The van der Waals surface area contributed by atoms with Gasteiger partial charge in [0.15, 0.2) is 0 Å². The van der Waals surface area contributed by atoms with E-state index >= 15 is 0 Å². The summed E-state index contributed by atoms with van der Waals surface area (Å²) in [5, 5.41) is 16.6. The third-order valence-electron chi connectivity index (χ3n) is 2.23. The molecule has 1 aromatic heterocycles. The van der Waals surface area contributed by atoms with Crippen LogP contribution in [0.2, 0.25) is 0 Å². The topological polar surface area (TPSA) is 68.1 Å². The number of hydrogen-bond acceptors (Lipinski definition) is 5. The molecule has 17 heavy (non-hydrogen) atoms. The summed E-state index contributed by atoms with van der Waals surface area (Å²) in [5.41, 5.74) is 1.65. The molecule has 0 unspecified atom stereocenters. The second kappa shape index (κ2) is 5.03. The molecular weight excluding hydrogens is 238 g/mol. The summed E-state index contributed by atoms with van der Waals surface area (Å²) in [5.74, 6) is 0. The van der Waals surface area contributed by atoms with Gasteiger partial charge in [0, 0.05) is 29.6 Å². The number of thiazole rings is 1. The number of benzene rings is 1. The Morgan fingerprint density at radius 3 is 3.06 bits per heavy atom. The second-order valence-corrected chi connectivity index (χ2v) is 4.41. The Hall–Kier alpha value is -1.79. The Balaban J connectivity index is 2.32. The lowest BCUT2D eigenvalue weighted by Crippen LogP contribution is -2.04. The van der Waals surface area contributed by atoms with E-state index in [1.54, 1.807) is 6.07 Å². The van der Waals surface area contributed by atoms with Crippen molar-refractivity contribution in [2.45, 2.75) is 6.54 Å². The van der Waals surface area contributed by atoms with Gasteiger partial charge in [-0.3, -0.25) is 10.1 Å². The van der Waals surface area contributed by atoms with Crippen LogP contribution in [0, 0.1) is 10.1 Å². The van der Waals surface area contributed by atoms with E-state index in [0.717, 1.165) is 16.3 Å². The van der Waals surface area contributed by atoms with Gasteiger partial charge in [-0.2, -0.15) is 0 Å². The summed E-state index contributed by atoms with van der Waals surface area (Å²) in [6.45, 7) is 0.708. The number of non-ortho nitro benzene ring substituents is 1. The highest BCUT2D eigenvalue weighted by Gasteiger charge is 2.09. The molecule has 6 heteroatoms. The lowest BCUT2D eigenvalue weighted by molar-refractivity contribution is -0.384. The van der Waals surface area contributed by atoms with Crippen LogP contribution in [0.3, 0.4) is 0 Å². The van der Waals surface area contributed by atoms with Crippen LogP contribution in [0.25, 0.3) is 11.3 Å². The highest BCUT2D eigenvalue weighted by atomic mass is 32.1. The first-order chi connectivity index (χ1) is 8.20. The van der Waals surface area contributed by atoms with Crippen molar-refractivity contribution in [2.75, 3.05) is 7.05 Å². The number of nitrogens with one attached hydrogen (secondary N) is 1. The fourth-order valence-electron chi connectivity index (χ4n) is 1.45. The van der Waals surface area contributed by atoms with Gasteiger partial charge < -0.3 is 5.32 Å². The fraction of sp³-hybridized carbons (Fsp3) is 0.182. The molecule has 1 heterocycles. The Kier molecular flexibility index (Phi) is 3.46. The van der Waals surface area contributed by atoms with Gasteiger partial charge in [0.2, 0.25) is 0 Å². The maximum absolute atomic E-state index is 10.7. The Morgan fingerprint density at radius 2 is 2.35 bits per heavy atom. The minimum Gasteiger partial charge on any atom is -0.314 e. The molecule has 0 aliphatic heterocycles. The van der Waals surface area contributed by atoms with Crippen LogP contribution in [0.15, 0.2) is 29.6 Å². The average Bonchev–Trinajstić information content (AvgIpc) is 2.78. The number of nitro groups is 1. The predicted molar refractivity (Wildman–Crippen MR) is 67.0 cm³/mol. The van der Waals surface area contributed by atoms with E-state index in [-0.39, 0.29) is 5.69 Å². The average molecular weight is 249 g/mol. The van der Waals surface area contributed by atoms with Crippen LogP contribution < -0.4 is 5.32 Å². The van der Waals surface area contributed by atoms with Crippen molar-refractivity contribution in [3.8, 4) is 11.3 Å². The minimum atomic E-state index is -0.398. The van der Waals surface area contributed by atoms with Crippen LogP contribution in [0.1, 0.15) is 5.01 Å². The Labute approximate surface area is 102 Å². The first kappa shape index (κ1) is 11.7. The van der Waals surface area contributed by atoms with Crippen molar-refractivity contribution in [3.63, 3.8) is 0 Å². The molecule has 1 aromatic carbocycles. The molecule has 0 aliphatic carbocycles. The highest BCUT2D eigenvalue weighted by molar-refractivity contribution is 7.09. The molecule has 2 rings (SSSR count). The number of nitro benzene ring substituents is 1. The van der Waals surface area contributed by atoms with E-state index in [2.05, 4.69) is 10.3 Å². The number of rotatable bonds is 4. The Morgan fingerprint density at radius 1 is 1.53 bits per heavy atom. The first-order valence-corrected chi connectivity index (χ1v) is 5.92. The van der Waals surface area contributed by atoms with Crippen LogP contribution in [0.4, 0.5) is 5.69 Å². The van der Waals surface area contributed by atoms with E-state index in [1.165, 1.54) is 23.5 Å². The molecule has 0 fully saturated rings. The zero-order valence-electron chi connectivity index (χ0n) is 9.21. The summed E-state index contributed by atoms with van der Waals surface area (Å²) < 4.78 is 0. The molecule has 0 spiro atoms. The van der Waals surface area contributed by atoms with Crippen molar-refractivity contribution in [1.29, 1.82) is 0 Å². The van der Waals surface area contributed by atoms with Crippen LogP contribution in [-0.4, -0.2) is 17.0 Å². The highest BCUT2D eigenvalue weighted by Crippen LogP contribution is 2.25. The van der Waals surface area contributed by atoms with Gasteiger partial charge in [-0.15, -0.1) is 11.3 Å². The van der Waals surface area contributed by atoms with Crippen molar-refractivity contribution in [1.82, 2.24) is 10.3 Å². The monoisotopic (exact) mass is 249 g/mol. The molecular formula is C11H11N3O2S. The third kappa shape index (κ3) is 2.66. The van der Waals surface area contributed by atoms with Crippen molar-refractivity contribution in [2.24, 2.45) is 0 Å². The zero-order valence-corrected chi connectivity index (χ0v) is 10.0. The second-order valence-electron chi connectivity index (χ2n) is 3.46. The molecule has 0 amide bonds. The summed E-state index contributed by atoms with van der Waals surface area (Å²) in [4.78, 5) is 14.7. The SMILES string of the molecule is CNCc1nc(-c2cccc([N+](=O)[O-])c2)cs1. The van der Waals surface area contributed by atoms with E-state index in [0.29, 0.717) is 6.54 Å². The molecule has 0 bridgehead atoms. The van der Waals surface area contributed by atoms with Gasteiger partial charge in [0.25, 0.3) is 5.69 Å². The van der Waals surface area contributed by atoms with E-state index < -0.39 is 4.92 Å². The van der Waals surface area contributed by atoms with Crippen molar-refractivity contribution in [3.05, 3.63) is 44.8 Å². The van der Waals surface area contributed by atoms with Gasteiger partial charge in [-0.25, -0.2) is 4.98 Å². The zero-order chi connectivity index (χ0) is 12.3. The van der Waals surface area contributed by atoms with Crippen LogP contribution in [-0.2, 0) is 6.54 Å². The van der Waals surface area contributed by atoms with Gasteiger partial charge >= 0.3 is 0 Å². The molecule has 0 saturated heterocycles. The maximum Gasteiger partial charge on any atom is 0.270 e. The molecule has 0 saturated carbocycles. The van der Waals surface area contributed by atoms with Crippen molar-refractivity contribution >= 4 is 17.0 Å². The first-order valence-electron chi connectivity index (χ1n) is 5.04. The molecule has 2 aromatic rings. The fourth-order valence-corrected chi connectivity index (χ4v) is 2.27. The molecule has 0 aliphatic rings. The molecule has 5 nitrogen and oxygen atoms in total. The van der Waals surface area contributed by atoms with Gasteiger partial charge in [-0.05, 0) is 7.05 Å². The van der Waals surface area contributed by atoms with Crippen LogP contribution >= 0.6 is 11.3 Å². The summed E-state index contributed by atoms with van der Waals surface area (Å²) >= 11 is 1.54. The van der Waals surface area contributed by atoms with Gasteiger partial charge in [0.05, 0.1) is 10.6 Å². The molecule has 0 atom stereocenters. The quantitative estimate of drug-likeness (QED) is 0.667. The lowest BCUT2D eigenvalue weighted by Gasteiger charge is -1.96. The van der Waals surface area contributed by atoms with Gasteiger partial charge in [0.1, 0.15) is 5.01 Å². The van der Waals surface area contributed by atoms with E-state index in [4.69, 9.17) is 0 Å². The standard InChI is InChI=1S/C11H11N3O2S/c1-12-6-11-13-10(7-17-11)8-3-2-4-9(5-8)14(15)16/h2-5,7,12H,6H2,1H3. The van der Waals surface area contributed by atoms with Crippen molar-refractivity contribution < 1.29 is 4.92 Å². The molecule has 88 valence electrons.